The van der Waals surface area contributed by atoms with Crippen LogP contribution in [0.1, 0.15) is 19.3 Å². The van der Waals surface area contributed by atoms with E-state index in [9.17, 15) is 0 Å². The normalized spacial score (nSPS) is 15.4. The van der Waals surface area contributed by atoms with Gasteiger partial charge in [0.15, 0.2) is 0 Å². The highest BCUT2D eigenvalue weighted by Gasteiger charge is 2.28. The lowest BCUT2D eigenvalue weighted by molar-refractivity contribution is 0.201. The van der Waals surface area contributed by atoms with E-state index in [2.05, 4.69) is 6.55 Å². The Kier molecular flexibility index (Phi) is 9.44. The summed E-state index contributed by atoms with van der Waals surface area (Å²) in [4.78, 5) is 0. The average molecular weight is 259 g/mol. The summed E-state index contributed by atoms with van der Waals surface area (Å²) in [6, 6.07) is 0.966. The van der Waals surface area contributed by atoms with E-state index in [4.69, 9.17) is 32.1 Å². The molecule has 0 amide bonds. The van der Waals surface area contributed by atoms with Crippen LogP contribution in [-0.2, 0) is 8.85 Å². The van der Waals surface area contributed by atoms with E-state index in [1.165, 1.54) is 0 Å². The first-order valence-electron chi connectivity index (χ1n) is 4.99. The molecule has 5 heteroatoms. The first-order valence-corrected chi connectivity index (χ1v) is 8.59. The molecule has 0 aromatic heterocycles. The molecule has 0 rings (SSSR count). The first-order chi connectivity index (χ1) is 6.68. The van der Waals surface area contributed by atoms with E-state index in [1.54, 1.807) is 7.11 Å². The van der Waals surface area contributed by atoms with Gasteiger partial charge in [0, 0.05) is 25.5 Å². The van der Waals surface area contributed by atoms with Crippen molar-refractivity contribution in [3.05, 3.63) is 0 Å². The summed E-state index contributed by atoms with van der Waals surface area (Å²) in [7, 11) is -0.198. The second-order valence-corrected chi connectivity index (χ2v) is 7.60. The van der Waals surface area contributed by atoms with E-state index < -0.39 is 8.56 Å². The summed E-state index contributed by atoms with van der Waals surface area (Å²) in [6.45, 7) is 2.84. The van der Waals surface area contributed by atoms with Gasteiger partial charge in [-0.05, 0) is 31.9 Å². The molecule has 0 saturated carbocycles. The van der Waals surface area contributed by atoms with Crippen molar-refractivity contribution in [2.24, 2.45) is 0 Å². The van der Waals surface area contributed by atoms with Crippen molar-refractivity contribution in [2.75, 3.05) is 25.5 Å². The van der Waals surface area contributed by atoms with Crippen LogP contribution < -0.4 is 0 Å². The molecule has 0 aromatic carbocycles. The van der Waals surface area contributed by atoms with Crippen molar-refractivity contribution in [1.82, 2.24) is 0 Å². The molecule has 0 spiro atoms. The van der Waals surface area contributed by atoms with Gasteiger partial charge in [0.25, 0.3) is 0 Å². The van der Waals surface area contributed by atoms with Crippen molar-refractivity contribution < 1.29 is 8.85 Å². The number of rotatable bonds is 9. The minimum atomic E-state index is -1.92. The molecule has 2 nitrogen and oxygen atoms in total. The summed E-state index contributed by atoms with van der Waals surface area (Å²) < 4.78 is 11.2. The van der Waals surface area contributed by atoms with E-state index in [0.29, 0.717) is 11.8 Å². The molecular formula is C9H20Cl2O2Si. The fourth-order valence-electron chi connectivity index (χ4n) is 1.11. The maximum Gasteiger partial charge on any atom is 0.334 e. The van der Waals surface area contributed by atoms with Crippen molar-refractivity contribution in [3.8, 4) is 0 Å². The zero-order valence-electron chi connectivity index (χ0n) is 9.02. The Labute approximate surface area is 98.1 Å². The molecule has 86 valence electrons. The lowest BCUT2D eigenvalue weighted by Crippen LogP contribution is -2.37. The summed E-state index contributed by atoms with van der Waals surface area (Å²) in [5.41, 5.74) is 0. The van der Waals surface area contributed by atoms with Gasteiger partial charge in [-0.25, -0.2) is 0 Å². The highest BCUT2D eigenvalue weighted by atomic mass is 35.5. The Morgan fingerprint density at radius 2 is 1.71 bits per heavy atom. The average Bonchev–Trinajstić information content (AvgIpc) is 2.22. The molecule has 0 bridgehead atoms. The van der Waals surface area contributed by atoms with Crippen molar-refractivity contribution >= 4 is 31.8 Å². The van der Waals surface area contributed by atoms with Crippen LogP contribution in [0.4, 0.5) is 0 Å². The Hall–Kier alpha value is 0.717. The minimum Gasteiger partial charge on any atom is -0.398 e. The van der Waals surface area contributed by atoms with Gasteiger partial charge in [-0.3, -0.25) is 0 Å². The van der Waals surface area contributed by atoms with Crippen LogP contribution in [0.5, 0.6) is 0 Å². The van der Waals surface area contributed by atoms with Crippen LogP contribution in [0, 0.1) is 0 Å². The molecule has 0 aliphatic carbocycles. The smallest absolute Gasteiger partial charge is 0.334 e. The van der Waals surface area contributed by atoms with Gasteiger partial charge in [0.05, 0.1) is 0 Å². The molecule has 1 atom stereocenters. The summed E-state index contributed by atoms with van der Waals surface area (Å²) in [5, 5.41) is 0. The highest BCUT2D eigenvalue weighted by molar-refractivity contribution is 6.66. The van der Waals surface area contributed by atoms with Gasteiger partial charge in [-0.1, -0.05) is 0 Å². The monoisotopic (exact) mass is 258 g/mol. The highest BCUT2D eigenvalue weighted by Crippen LogP contribution is 2.15. The minimum absolute atomic E-state index is 0.678. The standard InChI is InChI=1S/C9H20Cl2O2Si/c1-12-14(2,9-5-7-11)13-8-4-3-6-10/h3-9H2,1-2H3. The van der Waals surface area contributed by atoms with Gasteiger partial charge in [-0.2, -0.15) is 0 Å². The van der Waals surface area contributed by atoms with Gasteiger partial charge in [-0.15, -0.1) is 23.2 Å². The van der Waals surface area contributed by atoms with E-state index in [-0.39, 0.29) is 0 Å². The van der Waals surface area contributed by atoms with Crippen molar-refractivity contribution in [3.63, 3.8) is 0 Å². The molecule has 0 aromatic rings. The van der Waals surface area contributed by atoms with Crippen LogP contribution in [0.2, 0.25) is 12.6 Å². The third-order valence-electron chi connectivity index (χ3n) is 2.13. The summed E-state index contributed by atoms with van der Waals surface area (Å²) >= 11 is 11.2. The fraction of sp³-hybridized carbons (Fsp3) is 1.00. The molecule has 0 saturated heterocycles. The van der Waals surface area contributed by atoms with Gasteiger partial charge >= 0.3 is 8.56 Å². The maximum atomic E-state index is 5.78. The van der Waals surface area contributed by atoms with E-state index >= 15 is 0 Å². The number of hydrogen-bond acceptors (Lipinski definition) is 2. The fourth-order valence-corrected chi connectivity index (χ4v) is 3.51. The lowest BCUT2D eigenvalue weighted by Gasteiger charge is -2.24. The third kappa shape index (κ3) is 7.07. The topological polar surface area (TPSA) is 18.5 Å². The third-order valence-corrected chi connectivity index (χ3v) is 5.61. The second-order valence-electron chi connectivity index (χ2n) is 3.38. The van der Waals surface area contributed by atoms with E-state index in [0.717, 1.165) is 31.9 Å². The molecule has 0 heterocycles. The molecule has 0 N–H and O–H groups in total. The molecule has 14 heavy (non-hydrogen) atoms. The van der Waals surface area contributed by atoms with Crippen molar-refractivity contribution in [1.29, 1.82) is 0 Å². The Morgan fingerprint density at radius 3 is 2.21 bits per heavy atom. The quantitative estimate of drug-likeness (QED) is 0.359. The molecule has 0 aliphatic rings. The molecule has 0 fully saturated rings. The summed E-state index contributed by atoms with van der Waals surface area (Å²) in [6.07, 6.45) is 2.98. The maximum absolute atomic E-state index is 5.78. The number of halogens is 2. The summed E-state index contributed by atoms with van der Waals surface area (Å²) in [5.74, 6) is 1.38. The number of alkyl halides is 2. The molecule has 0 radical (unpaired) electrons. The Morgan fingerprint density at radius 1 is 1.07 bits per heavy atom. The predicted octanol–water partition coefficient (Wildman–Crippen LogP) is 3.37. The second kappa shape index (κ2) is 8.98. The molecule has 0 aliphatic heterocycles. The van der Waals surface area contributed by atoms with Crippen molar-refractivity contribution in [2.45, 2.75) is 31.9 Å². The van der Waals surface area contributed by atoms with Crippen LogP contribution in [0.15, 0.2) is 0 Å². The van der Waals surface area contributed by atoms with Crippen LogP contribution in [0.3, 0.4) is 0 Å². The first kappa shape index (κ1) is 14.7. The van der Waals surface area contributed by atoms with Gasteiger partial charge < -0.3 is 8.85 Å². The lowest BCUT2D eigenvalue weighted by atomic mass is 10.4. The van der Waals surface area contributed by atoms with Crippen LogP contribution in [0.25, 0.3) is 0 Å². The Balaban J connectivity index is 3.63. The predicted molar refractivity (Wildman–Crippen MR) is 64.7 cm³/mol. The largest absolute Gasteiger partial charge is 0.398 e. The zero-order chi connectivity index (χ0) is 10.9. The number of unbranched alkanes of at least 4 members (excludes halogenated alkanes) is 1. The van der Waals surface area contributed by atoms with Crippen LogP contribution >= 0.6 is 23.2 Å². The number of hydrogen-bond donors (Lipinski definition) is 0. The van der Waals surface area contributed by atoms with Gasteiger partial charge in [0.2, 0.25) is 0 Å². The SMILES string of the molecule is CO[Si](C)(CCCCl)OCCCCCl. The molecule has 1 unspecified atom stereocenters. The Bertz CT molecular complexity index is 138. The van der Waals surface area contributed by atoms with E-state index in [1.807, 2.05) is 0 Å². The van der Waals surface area contributed by atoms with Crippen LogP contribution in [-0.4, -0.2) is 34.0 Å². The van der Waals surface area contributed by atoms with Gasteiger partial charge in [0.1, 0.15) is 0 Å². The zero-order valence-corrected chi connectivity index (χ0v) is 11.5. The molecular weight excluding hydrogens is 239 g/mol.